The maximum Gasteiger partial charge on any atom is 0.238 e. The summed E-state index contributed by atoms with van der Waals surface area (Å²) < 4.78 is 30.1. The first-order valence-corrected chi connectivity index (χ1v) is 10.7. The summed E-state index contributed by atoms with van der Waals surface area (Å²) in [5.74, 6) is -0.00220. The van der Waals surface area contributed by atoms with Crippen LogP contribution in [0.25, 0.3) is 0 Å². The predicted octanol–water partition coefficient (Wildman–Crippen LogP) is 1.80. The summed E-state index contributed by atoms with van der Waals surface area (Å²) >= 11 is 0. The van der Waals surface area contributed by atoms with Crippen molar-refractivity contribution in [1.82, 2.24) is 15.0 Å². The molecule has 0 bridgehead atoms. The number of sulfone groups is 1. The summed E-state index contributed by atoms with van der Waals surface area (Å²) in [6.07, 6.45) is 0.806. The molecule has 0 atom stereocenters. The largest absolute Gasteiger partial charge is 0.361 e. The summed E-state index contributed by atoms with van der Waals surface area (Å²) in [5.41, 5.74) is 1.97. The Morgan fingerprint density at radius 2 is 1.85 bits per heavy atom. The van der Waals surface area contributed by atoms with E-state index in [2.05, 4.69) is 10.1 Å². The lowest BCUT2D eigenvalue weighted by molar-refractivity contribution is -0.128. The molecule has 1 aliphatic heterocycles. The second kappa shape index (κ2) is 8.22. The van der Waals surface area contributed by atoms with Crippen LogP contribution in [0.15, 0.2) is 39.8 Å². The first kappa shape index (κ1) is 19.6. The first-order valence-electron chi connectivity index (χ1n) is 9.06. The van der Waals surface area contributed by atoms with Gasteiger partial charge in [0.2, 0.25) is 5.91 Å². The Balaban J connectivity index is 1.60. The summed E-state index contributed by atoms with van der Waals surface area (Å²) in [5, 5.41) is 3.98. The van der Waals surface area contributed by atoms with Crippen molar-refractivity contribution < 1.29 is 17.7 Å². The molecule has 1 amide bonds. The molecule has 2 aromatic rings. The lowest BCUT2D eigenvalue weighted by atomic mass is 10.2. The zero-order valence-electron chi connectivity index (χ0n) is 15.7. The maximum atomic E-state index is 12.6. The quantitative estimate of drug-likeness (QED) is 0.773. The second-order valence-corrected chi connectivity index (χ2v) is 8.87. The van der Waals surface area contributed by atoms with Crippen LogP contribution in [0.3, 0.4) is 0 Å². The third kappa shape index (κ3) is 4.75. The minimum atomic E-state index is -3.61. The van der Waals surface area contributed by atoms with Gasteiger partial charge in [0.05, 0.1) is 10.6 Å². The number of carbonyl (C=O) groups excluding carboxylic acids is 1. The number of aromatic nitrogens is 1. The Kier molecular flexibility index (Phi) is 5.96. The van der Waals surface area contributed by atoms with E-state index in [1.165, 1.54) is 12.1 Å². The standard InChI is InChI=1S/C19H25N3O4S/c1-15-18(16(2)26-20-15)13-21-9-6-10-22(12-11-21)19(23)14-27(24,25)17-7-4-3-5-8-17/h3-5,7-8H,6,9-14H2,1-2H3. The summed E-state index contributed by atoms with van der Waals surface area (Å²) in [7, 11) is -3.61. The van der Waals surface area contributed by atoms with Crippen molar-refractivity contribution in [2.24, 2.45) is 0 Å². The van der Waals surface area contributed by atoms with Crippen molar-refractivity contribution in [3.8, 4) is 0 Å². The zero-order valence-corrected chi connectivity index (χ0v) is 16.5. The van der Waals surface area contributed by atoms with Gasteiger partial charge < -0.3 is 9.42 Å². The molecule has 146 valence electrons. The molecule has 0 unspecified atom stereocenters. The van der Waals surface area contributed by atoms with Crippen LogP contribution in [0.5, 0.6) is 0 Å². The molecule has 1 aromatic carbocycles. The van der Waals surface area contributed by atoms with Crippen molar-refractivity contribution >= 4 is 15.7 Å². The van der Waals surface area contributed by atoms with E-state index in [0.717, 1.165) is 36.5 Å². The number of carbonyl (C=O) groups is 1. The highest BCUT2D eigenvalue weighted by Gasteiger charge is 2.25. The van der Waals surface area contributed by atoms with Gasteiger partial charge in [-0.3, -0.25) is 9.69 Å². The van der Waals surface area contributed by atoms with Gasteiger partial charge in [-0.25, -0.2) is 8.42 Å². The van der Waals surface area contributed by atoms with Crippen molar-refractivity contribution in [3.63, 3.8) is 0 Å². The van der Waals surface area contributed by atoms with E-state index in [4.69, 9.17) is 4.52 Å². The Labute approximate surface area is 159 Å². The molecule has 1 aliphatic rings. The minimum Gasteiger partial charge on any atom is -0.361 e. The normalized spacial score (nSPS) is 16.3. The Bertz CT molecular complexity index is 873. The first-order chi connectivity index (χ1) is 12.9. The number of amides is 1. The van der Waals surface area contributed by atoms with Crippen LogP contribution in [-0.4, -0.2) is 61.2 Å². The monoisotopic (exact) mass is 391 g/mol. The second-order valence-electron chi connectivity index (χ2n) is 6.89. The van der Waals surface area contributed by atoms with Crippen LogP contribution >= 0.6 is 0 Å². The highest BCUT2D eigenvalue weighted by Crippen LogP contribution is 2.17. The van der Waals surface area contributed by atoms with E-state index < -0.39 is 15.6 Å². The fourth-order valence-corrected chi connectivity index (χ4v) is 4.54. The zero-order chi connectivity index (χ0) is 19.4. The SMILES string of the molecule is Cc1noc(C)c1CN1CCCN(C(=O)CS(=O)(=O)c2ccccc2)CC1. The van der Waals surface area contributed by atoms with Crippen molar-refractivity contribution in [3.05, 3.63) is 47.3 Å². The number of hydrogen-bond acceptors (Lipinski definition) is 6. The average molecular weight is 391 g/mol. The van der Waals surface area contributed by atoms with E-state index in [0.29, 0.717) is 19.6 Å². The average Bonchev–Trinajstić information content (AvgIpc) is 2.85. The Hall–Kier alpha value is -2.19. The van der Waals surface area contributed by atoms with Gasteiger partial charge in [0.25, 0.3) is 0 Å². The topological polar surface area (TPSA) is 83.7 Å². The van der Waals surface area contributed by atoms with Crippen LogP contribution in [0.4, 0.5) is 0 Å². The molecule has 7 nitrogen and oxygen atoms in total. The summed E-state index contributed by atoms with van der Waals surface area (Å²) in [4.78, 5) is 16.7. The summed E-state index contributed by atoms with van der Waals surface area (Å²) in [6.45, 7) is 7.19. The van der Waals surface area contributed by atoms with Gasteiger partial charge in [0, 0.05) is 38.3 Å². The van der Waals surface area contributed by atoms with Crippen LogP contribution in [0.1, 0.15) is 23.4 Å². The van der Waals surface area contributed by atoms with E-state index in [-0.39, 0.29) is 10.8 Å². The smallest absolute Gasteiger partial charge is 0.238 e. The van der Waals surface area contributed by atoms with Crippen LogP contribution in [-0.2, 0) is 21.2 Å². The molecule has 1 fully saturated rings. The van der Waals surface area contributed by atoms with Crippen LogP contribution in [0, 0.1) is 13.8 Å². The molecule has 2 heterocycles. The van der Waals surface area contributed by atoms with Gasteiger partial charge in [-0.1, -0.05) is 23.4 Å². The van der Waals surface area contributed by atoms with Gasteiger partial charge in [-0.05, 0) is 32.4 Å². The summed E-state index contributed by atoms with van der Waals surface area (Å²) in [6, 6.07) is 8.13. The number of benzene rings is 1. The molecule has 1 saturated heterocycles. The molecule has 0 spiro atoms. The highest BCUT2D eigenvalue weighted by molar-refractivity contribution is 7.92. The van der Waals surface area contributed by atoms with Crippen molar-refractivity contribution in [2.75, 3.05) is 31.9 Å². The van der Waals surface area contributed by atoms with Gasteiger partial charge in [0.15, 0.2) is 9.84 Å². The van der Waals surface area contributed by atoms with E-state index in [9.17, 15) is 13.2 Å². The molecule has 1 aromatic heterocycles. The molecule has 8 heteroatoms. The van der Waals surface area contributed by atoms with E-state index >= 15 is 0 Å². The molecule has 0 radical (unpaired) electrons. The number of hydrogen-bond donors (Lipinski definition) is 0. The van der Waals surface area contributed by atoms with Gasteiger partial charge in [-0.2, -0.15) is 0 Å². The maximum absolute atomic E-state index is 12.6. The van der Waals surface area contributed by atoms with Gasteiger partial charge in [-0.15, -0.1) is 0 Å². The molecule has 27 heavy (non-hydrogen) atoms. The van der Waals surface area contributed by atoms with E-state index in [1.54, 1.807) is 23.1 Å². The molecule has 0 N–H and O–H groups in total. The van der Waals surface area contributed by atoms with Crippen LogP contribution in [0.2, 0.25) is 0 Å². The predicted molar refractivity (Wildman–Crippen MR) is 101 cm³/mol. The highest BCUT2D eigenvalue weighted by atomic mass is 32.2. The fourth-order valence-electron chi connectivity index (χ4n) is 3.29. The van der Waals surface area contributed by atoms with Gasteiger partial charge >= 0.3 is 0 Å². The van der Waals surface area contributed by atoms with E-state index in [1.807, 2.05) is 13.8 Å². The van der Waals surface area contributed by atoms with Crippen molar-refractivity contribution in [1.29, 1.82) is 0 Å². The molecular formula is C19H25N3O4S. The van der Waals surface area contributed by atoms with Gasteiger partial charge in [0.1, 0.15) is 11.5 Å². The molecular weight excluding hydrogens is 366 g/mol. The van der Waals surface area contributed by atoms with Crippen LogP contribution < -0.4 is 0 Å². The van der Waals surface area contributed by atoms with Crippen molar-refractivity contribution in [2.45, 2.75) is 31.7 Å². The Morgan fingerprint density at radius 1 is 1.11 bits per heavy atom. The lowest BCUT2D eigenvalue weighted by Crippen LogP contribution is -2.38. The molecule has 0 aliphatic carbocycles. The molecule has 0 saturated carbocycles. The third-order valence-electron chi connectivity index (χ3n) is 4.92. The fraction of sp³-hybridized carbons (Fsp3) is 0.474. The number of rotatable bonds is 5. The number of nitrogens with zero attached hydrogens (tertiary/aromatic N) is 3. The molecule has 3 rings (SSSR count). The number of aryl methyl sites for hydroxylation is 2. The Morgan fingerprint density at radius 3 is 2.52 bits per heavy atom. The minimum absolute atomic E-state index is 0.188. The third-order valence-corrected chi connectivity index (χ3v) is 6.54. The lowest BCUT2D eigenvalue weighted by Gasteiger charge is -2.22.